The number of hydrogen-bond acceptors (Lipinski definition) is 3. The molecular formula is C61H45N5. The average molecular weight is 848 g/mol. The highest BCUT2D eigenvalue weighted by molar-refractivity contribution is 6.24. The molecule has 12 aromatic rings. The summed E-state index contributed by atoms with van der Waals surface area (Å²) >= 11 is 0. The lowest BCUT2D eigenvalue weighted by molar-refractivity contribution is 0.865. The van der Waals surface area contributed by atoms with Gasteiger partial charge in [-0.05, 0) is 77.6 Å². The molecule has 0 amide bonds. The van der Waals surface area contributed by atoms with Gasteiger partial charge in [-0.25, -0.2) is 15.0 Å². The average Bonchev–Trinajstić information content (AvgIpc) is 3.90. The van der Waals surface area contributed by atoms with Crippen molar-refractivity contribution in [2.75, 3.05) is 0 Å². The van der Waals surface area contributed by atoms with Gasteiger partial charge in [-0.3, -0.25) is 0 Å². The molecule has 5 heteroatoms. The quantitative estimate of drug-likeness (QED) is 0.153. The molecule has 0 radical (unpaired) electrons. The van der Waals surface area contributed by atoms with Crippen molar-refractivity contribution in [1.82, 2.24) is 24.1 Å². The van der Waals surface area contributed by atoms with E-state index in [4.69, 9.17) is 15.0 Å². The predicted molar refractivity (Wildman–Crippen MR) is 275 cm³/mol. The van der Waals surface area contributed by atoms with Crippen molar-refractivity contribution in [3.63, 3.8) is 0 Å². The third-order valence-electron chi connectivity index (χ3n) is 13.0. The predicted octanol–water partition coefficient (Wildman–Crippen LogP) is 15.8. The zero-order valence-corrected chi connectivity index (χ0v) is 37.0. The Morgan fingerprint density at radius 2 is 0.894 bits per heavy atom. The fourth-order valence-corrected chi connectivity index (χ4v) is 10.0. The van der Waals surface area contributed by atoms with Crippen LogP contribution in [0, 0.1) is 6.92 Å². The second-order valence-corrected chi connectivity index (χ2v) is 17.5. The first-order chi connectivity index (χ1) is 32.5. The fourth-order valence-electron chi connectivity index (χ4n) is 10.0. The second kappa shape index (κ2) is 16.0. The first-order valence-corrected chi connectivity index (χ1v) is 22.7. The van der Waals surface area contributed by atoms with Crippen LogP contribution in [0.2, 0.25) is 0 Å². The first-order valence-electron chi connectivity index (χ1n) is 22.7. The lowest BCUT2D eigenvalue weighted by Gasteiger charge is -2.19. The summed E-state index contributed by atoms with van der Waals surface area (Å²) in [5.41, 5.74) is 16.9. The molecule has 0 saturated carbocycles. The Morgan fingerprint density at radius 1 is 0.379 bits per heavy atom. The van der Waals surface area contributed by atoms with E-state index in [1.54, 1.807) is 0 Å². The number of hydrogen-bond donors (Lipinski definition) is 0. The lowest BCUT2D eigenvalue weighted by Crippen LogP contribution is -2.03. The molecule has 0 saturated heterocycles. The van der Waals surface area contributed by atoms with Crippen LogP contribution in [0.5, 0.6) is 0 Å². The molecule has 12 rings (SSSR count). The van der Waals surface area contributed by atoms with Gasteiger partial charge in [-0.1, -0.05) is 189 Å². The van der Waals surface area contributed by atoms with Crippen LogP contribution in [-0.2, 0) is 0 Å². The van der Waals surface area contributed by atoms with E-state index in [2.05, 4.69) is 224 Å². The Labute approximate surface area is 384 Å². The summed E-state index contributed by atoms with van der Waals surface area (Å²) in [6.07, 6.45) is 0. The van der Waals surface area contributed by atoms with E-state index in [1.807, 2.05) is 18.2 Å². The molecule has 0 aliphatic heterocycles. The molecule has 0 unspecified atom stereocenters. The SMILES string of the molecule is Cc1cccc(-c2c(-c3ccccc3)cccc2-n2c3ccccc3c3ccc4c5ccccc5n(-c5ccc(-c6nc(-c7ccccc7)nc(-c7ccccc7C(C)C)n6)cc5)c4c32)c1. The van der Waals surface area contributed by atoms with Gasteiger partial charge in [0, 0.05) is 49.5 Å². The summed E-state index contributed by atoms with van der Waals surface area (Å²) in [6, 6.07) is 76.1. The van der Waals surface area contributed by atoms with Gasteiger partial charge in [-0.15, -0.1) is 0 Å². The van der Waals surface area contributed by atoms with Gasteiger partial charge in [0.15, 0.2) is 17.5 Å². The van der Waals surface area contributed by atoms with Gasteiger partial charge >= 0.3 is 0 Å². The van der Waals surface area contributed by atoms with E-state index >= 15 is 0 Å². The van der Waals surface area contributed by atoms with E-state index in [0.717, 1.165) is 50.1 Å². The maximum absolute atomic E-state index is 5.18. The third kappa shape index (κ3) is 6.50. The van der Waals surface area contributed by atoms with Crippen molar-refractivity contribution in [2.45, 2.75) is 26.7 Å². The largest absolute Gasteiger partial charge is 0.307 e. The number of benzene rings is 9. The molecule has 0 bridgehead atoms. The summed E-state index contributed by atoms with van der Waals surface area (Å²) < 4.78 is 4.97. The molecule has 66 heavy (non-hydrogen) atoms. The van der Waals surface area contributed by atoms with Gasteiger partial charge in [0.2, 0.25) is 0 Å². The molecule has 0 aliphatic carbocycles. The van der Waals surface area contributed by atoms with Crippen molar-refractivity contribution in [3.05, 3.63) is 223 Å². The molecule has 0 N–H and O–H groups in total. The fraction of sp³-hybridized carbons (Fsp3) is 0.0656. The van der Waals surface area contributed by atoms with E-state index < -0.39 is 0 Å². The first kappa shape index (κ1) is 39.2. The summed E-state index contributed by atoms with van der Waals surface area (Å²) in [5.74, 6) is 2.26. The number of nitrogens with zero attached hydrogens (tertiary/aromatic N) is 5. The van der Waals surface area contributed by atoms with Gasteiger partial charge in [0.25, 0.3) is 0 Å². The highest BCUT2D eigenvalue weighted by atomic mass is 15.1. The van der Waals surface area contributed by atoms with E-state index in [0.29, 0.717) is 23.4 Å². The smallest absolute Gasteiger partial charge is 0.164 e. The van der Waals surface area contributed by atoms with Crippen LogP contribution in [0.4, 0.5) is 0 Å². The van der Waals surface area contributed by atoms with E-state index in [1.165, 1.54) is 54.9 Å². The number of fused-ring (bicyclic) bond motifs is 7. The monoisotopic (exact) mass is 847 g/mol. The highest BCUT2D eigenvalue weighted by Crippen LogP contribution is 2.45. The molecule has 9 aromatic carbocycles. The lowest BCUT2D eigenvalue weighted by atomic mass is 9.92. The maximum Gasteiger partial charge on any atom is 0.164 e. The molecule has 314 valence electrons. The normalized spacial score (nSPS) is 11.7. The summed E-state index contributed by atoms with van der Waals surface area (Å²) in [6.45, 7) is 6.60. The minimum atomic E-state index is 0.305. The maximum atomic E-state index is 5.18. The summed E-state index contributed by atoms with van der Waals surface area (Å²) in [5, 5.41) is 4.80. The Kier molecular flexibility index (Phi) is 9.50. The number of rotatable bonds is 8. The van der Waals surface area contributed by atoms with Crippen LogP contribution >= 0.6 is 0 Å². The van der Waals surface area contributed by atoms with Crippen LogP contribution in [0.15, 0.2) is 212 Å². The van der Waals surface area contributed by atoms with Gasteiger partial charge in [0.05, 0.1) is 27.8 Å². The molecular weight excluding hydrogens is 803 g/mol. The zero-order chi connectivity index (χ0) is 44.3. The van der Waals surface area contributed by atoms with Crippen LogP contribution in [0.25, 0.3) is 111 Å². The Hall–Kier alpha value is -8.41. The Morgan fingerprint density at radius 3 is 1.56 bits per heavy atom. The summed E-state index contributed by atoms with van der Waals surface area (Å²) in [4.78, 5) is 15.4. The van der Waals surface area contributed by atoms with E-state index in [-0.39, 0.29) is 0 Å². The minimum absolute atomic E-state index is 0.305. The number of aromatic nitrogens is 5. The van der Waals surface area contributed by atoms with Crippen molar-refractivity contribution < 1.29 is 0 Å². The zero-order valence-electron chi connectivity index (χ0n) is 37.0. The second-order valence-electron chi connectivity index (χ2n) is 17.5. The van der Waals surface area contributed by atoms with Crippen LogP contribution in [-0.4, -0.2) is 24.1 Å². The summed E-state index contributed by atoms with van der Waals surface area (Å²) in [7, 11) is 0. The van der Waals surface area contributed by atoms with Crippen molar-refractivity contribution in [3.8, 4) is 67.8 Å². The molecule has 0 aliphatic rings. The minimum Gasteiger partial charge on any atom is -0.307 e. The van der Waals surface area contributed by atoms with Crippen LogP contribution in [0.1, 0.15) is 30.9 Å². The van der Waals surface area contributed by atoms with Crippen molar-refractivity contribution in [1.29, 1.82) is 0 Å². The molecule has 5 nitrogen and oxygen atoms in total. The molecule has 0 spiro atoms. The van der Waals surface area contributed by atoms with Crippen LogP contribution in [0.3, 0.4) is 0 Å². The van der Waals surface area contributed by atoms with Crippen molar-refractivity contribution in [2.24, 2.45) is 0 Å². The molecule has 0 atom stereocenters. The third-order valence-corrected chi connectivity index (χ3v) is 13.0. The molecule has 3 aromatic heterocycles. The van der Waals surface area contributed by atoms with Gasteiger partial charge in [-0.2, -0.15) is 0 Å². The van der Waals surface area contributed by atoms with Gasteiger partial charge in [0.1, 0.15) is 0 Å². The van der Waals surface area contributed by atoms with Crippen LogP contribution < -0.4 is 0 Å². The Balaban J connectivity index is 1.11. The molecule has 3 heterocycles. The van der Waals surface area contributed by atoms with E-state index in [9.17, 15) is 0 Å². The standard InChI is InChI=1S/C61H45N5/c1-39(2)46-24-10-11-27-52(46)61-63-59(42-21-8-5-9-22-42)62-60(64-61)43-32-34-45(35-33-43)65-53-29-14-12-25-48(53)50-36-37-51-49-26-13-15-30-54(49)66(58(51)57(50)65)55-31-17-28-47(41-19-6-4-7-20-41)56(55)44-23-16-18-40(3)38-44/h4-39H,1-3H3. The molecule has 0 fully saturated rings. The van der Waals surface area contributed by atoms with Crippen molar-refractivity contribution >= 4 is 43.6 Å². The topological polar surface area (TPSA) is 48.5 Å². The number of para-hydroxylation sites is 2. The highest BCUT2D eigenvalue weighted by Gasteiger charge is 2.24. The van der Waals surface area contributed by atoms with Gasteiger partial charge < -0.3 is 9.13 Å². The Bertz CT molecular complexity index is 3790. The number of aryl methyl sites for hydroxylation is 1.